The van der Waals surface area contributed by atoms with Crippen LogP contribution in [0.5, 0.6) is 0 Å². The van der Waals surface area contributed by atoms with Gasteiger partial charge in [-0.3, -0.25) is 4.99 Å². The van der Waals surface area contributed by atoms with E-state index in [1.165, 1.54) is 0 Å². The van der Waals surface area contributed by atoms with Crippen LogP contribution in [0.3, 0.4) is 0 Å². The summed E-state index contributed by atoms with van der Waals surface area (Å²) in [7, 11) is 1.92. The van der Waals surface area contributed by atoms with E-state index in [2.05, 4.69) is 28.0 Å². The Bertz CT molecular complexity index is 893. The van der Waals surface area contributed by atoms with Gasteiger partial charge in [-0.25, -0.2) is 18.7 Å². The molecule has 1 fully saturated rings. The minimum absolute atomic E-state index is 0.147. The summed E-state index contributed by atoms with van der Waals surface area (Å²) < 4.78 is 27.9. The summed E-state index contributed by atoms with van der Waals surface area (Å²) in [6.07, 6.45) is 5.48. The fourth-order valence-electron chi connectivity index (χ4n) is 3.88. The van der Waals surface area contributed by atoms with Crippen LogP contribution in [0.1, 0.15) is 43.8 Å². The molecule has 176 valence electrons. The van der Waals surface area contributed by atoms with Gasteiger partial charge in [0.2, 0.25) is 0 Å². The molecule has 2 heterocycles. The van der Waals surface area contributed by atoms with E-state index < -0.39 is 5.92 Å². The summed E-state index contributed by atoms with van der Waals surface area (Å²) in [5.74, 6) is -0.459. The van der Waals surface area contributed by atoms with Gasteiger partial charge in [0.05, 0.1) is 6.54 Å². The predicted octanol–water partition coefficient (Wildman–Crippen LogP) is 4.85. The van der Waals surface area contributed by atoms with Crippen LogP contribution in [-0.2, 0) is 0 Å². The zero-order valence-corrected chi connectivity index (χ0v) is 20.2. The smallest absolute Gasteiger partial charge is 0.266 e. The zero-order chi connectivity index (χ0) is 24.1. The third-order valence-electron chi connectivity index (χ3n) is 5.83. The first-order valence-corrected chi connectivity index (χ1v) is 10.9. The summed E-state index contributed by atoms with van der Waals surface area (Å²) in [4.78, 5) is 19.4. The lowest BCUT2D eigenvalue weighted by Crippen LogP contribution is -2.48. The highest BCUT2D eigenvalue weighted by Gasteiger charge is 2.40. The highest BCUT2D eigenvalue weighted by Crippen LogP contribution is 2.32. The summed E-state index contributed by atoms with van der Waals surface area (Å²) in [6.45, 7) is 18.2. The van der Waals surface area contributed by atoms with Gasteiger partial charge in [-0.1, -0.05) is 19.2 Å². The number of aryl methyl sites for hydroxylation is 2. The number of aromatic nitrogens is 2. The Balaban J connectivity index is 2.41. The first-order chi connectivity index (χ1) is 15.0. The summed E-state index contributed by atoms with van der Waals surface area (Å²) >= 11 is 0. The normalized spacial score (nSPS) is 17.0. The Kier molecular flexibility index (Phi) is 8.52. The quantitative estimate of drug-likeness (QED) is 0.292. The van der Waals surface area contributed by atoms with Gasteiger partial charge in [0.15, 0.2) is 0 Å². The monoisotopic (exact) mass is 446 g/mol. The van der Waals surface area contributed by atoms with Crippen molar-refractivity contribution in [1.82, 2.24) is 19.8 Å². The minimum atomic E-state index is -2.68. The molecule has 1 aromatic heterocycles. The molecule has 1 aliphatic rings. The van der Waals surface area contributed by atoms with Crippen LogP contribution in [0.2, 0.25) is 0 Å². The predicted molar refractivity (Wildman–Crippen MR) is 128 cm³/mol. The first-order valence-electron chi connectivity index (χ1n) is 10.9. The topological polar surface area (TPSA) is 47.9 Å². The largest absolute Gasteiger partial charge is 0.352 e. The van der Waals surface area contributed by atoms with Gasteiger partial charge in [0, 0.05) is 56.1 Å². The molecule has 1 aliphatic heterocycles. The number of nitrogens with zero attached hydrogens (tertiary/aromatic N) is 6. The second kappa shape index (κ2) is 10.7. The molecule has 0 N–H and O–H groups in total. The van der Waals surface area contributed by atoms with Crippen LogP contribution >= 0.6 is 0 Å². The number of allylic oxidation sites excluding steroid dienone is 2. The number of alkyl halides is 2. The molecule has 8 heteroatoms. The van der Waals surface area contributed by atoms with Crippen molar-refractivity contribution >= 4 is 12.0 Å². The van der Waals surface area contributed by atoms with Gasteiger partial charge in [0.25, 0.3) is 5.92 Å². The van der Waals surface area contributed by atoms with Crippen LogP contribution < -0.4 is 4.90 Å². The van der Waals surface area contributed by atoms with E-state index in [0.717, 1.165) is 22.8 Å². The molecule has 2 rings (SSSR count). The molecule has 0 radical (unpaired) electrons. The van der Waals surface area contributed by atoms with Crippen molar-refractivity contribution in [3.63, 3.8) is 0 Å². The fourth-order valence-corrected chi connectivity index (χ4v) is 3.88. The van der Waals surface area contributed by atoms with Crippen molar-refractivity contribution in [2.45, 2.75) is 59.5 Å². The van der Waals surface area contributed by atoms with Crippen LogP contribution in [0.15, 0.2) is 41.8 Å². The third kappa shape index (κ3) is 6.14. The van der Waals surface area contributed by atoms with Crippen LogP contribution in [-0.4, -0.2) is 64.8 Å². The average molecular weight is 447 g/mol. The number of anilines is 1. The molecule has 1 unspecified atom stereocenters. The van der Waals surface area contributed by atoms with Crippen molar-refractivity contribution in [3.05, 3.63) is 53.9 Å². The van der Waals surface area contributed by atoms with E-state index in [-0.39, 0.29) is 19.1 Å². The molecule has 0 amide bonds. The fraction of sp³-hybridized carbons (Fsp3) is 0.542. The van der Waals surface area contributed by atoms with Crippen molar-refractivity contribution in [3.8, 4) is 0 Å². The van der Waals surface area contributed by atoms with Crippen molar-refractivity contribution in [1.29, 1.82) is 0 Å². The van der Waals surface area contributed by atoms with Crippen LogP contribution in [0.4, 0.5) is 14.6 Å². The van der Waals surface area contributed by atoms with E-state index in [9.17, 15) is 8.78 Å². The maximum atomic E-state index is 13.9. The van der Waals surface area contributed by atoms with E-state index in [0.29, 0.717) is 31.2 Å². The second-order valence-corrected chi connectivity index (χ2v) is 8.23. The lowest BCUT2D eigenvalue weighted by Gasteiger charge is -2.41. The van der Waals surface area contributed by atoms with E-state index in [1.54, 1.807) is 23.3 Å². The molecule has 0 aliphatic carbocycles. The third-order valence-corrected chi connectivity index (χ3v) is 5.83. The Hall–Kier alpha value is -2.77. The number of hydrogen-bond donors (Lipinski definition) is 0. The Labute approximate surface area is 191 Å². The molecule has 1 atom stereocenters. The average Bonchev–Trinajstić information content (AvgIpc) is 3.08. The van der Waals surface area contributed by atoms with E-state index in [1.807, 2.05) is 46.6 Å². The lowest BCUT2D eigenvalue weighted by molar-refractivity contribution is 0.0122. The summed E-state index contributed by atoms with van der Waals surface area (Å²) in [6, 6.07) is 0. The summed E-state index contributed by atoms with van der Waals surface area (Å²) in [5.41, 5.74) is 2.68. The Morgan fingerprint density at radius 3 is 2.56 bits per heavy atom. The van der Waals surface area contributed by atoms with Crippen molar-refractivity contribution in [2.75, 3.05) is 31.6 Å². The molecule has 6 nitrogen and oxygen atoms in total. The second-order valence-electron chi connectivity index (χ2n) is 8.23. The highest BCUT2D eigenvalue weighted by molar-refractivity contribution is 5.55. The highest BCUT2D eigenvalue weighted by atomic mass is 19.3. The molecular weight excluding hydrogens is 410 g/mol. The van der Waals surface area contributed by atoms with Gasteiger partial charge < -0.3 is 14.7 Å². The van der Waals surface area contributed by atoms with Crippen molar-refractivity contribution < 1.29 is 8.78 Å². The number of halogens is 2. The Morgan fingerprint density at radius 2 is 2.00 bits per heavy atom. The van der Waals surface area contributed by atoms with E-state index in [4.69, 9.17) is 4.98 Å². The van der Waals surface area contributed by atoms with Crippen LogP contribution in [0.25, 0.3) is 0 Å². The molecule has 1 aromatic rings. The molecule has 1 saturated heterocycles. The zero-order valence-electron chi connectivity index (χ0n) is 20.2. The van der Waals surface area contributed by atoms with Crippen molar-refractivity contribution in [2.24, 2.45) is 4.99 Å². The maximum Gasteiger partial charge on any atom is 0.266 e. The van der Waals surface area contributed by atoms with Gasteiger partial charge in [0.1, 0.15) is 23.6 Å². The van der Waals surface area contributed by atoms with E-state index >= 15 is 0 Å². The molecule has 0 aromatic carbocycles. The van der Waals surface area contributed by atoms with Gasteiger partial charge in [-0.15, -0.1) is 0 Å². The number of likely N-dealkylation sites (tertiary alicyclic amines) is 1. The molecule has 0 spiro atoms. The SMILES string of the molecule is C=C/C=C(/N1CCC(F)(F)C1)N(C)C(C)N(CCC(=C)/N=C\C)c1nc(C)nc(C)c1C. The Morgan fingerprint density at radius 1 is 1.31 bits per heavy atom. The molecule has 0 saturated carbocycles. The standard InChI is InChI=1S/C24H36F2N6/c1-9-11-22(31-15-13-24(25,26)16-31)30(8)21(7)32(14-12-17(3)27-10-2)23-18(4)19(5)28-20(6)29-23/h9-11,21H,1,3,12-16H2,2,4-8H3/b22-11+,27-10-. The molecule has 0 bridgehead atoms. The lowest BCUT2D eigenvalue weighted by atomic mass is 10.2. The summed E-state index contributed by atoms with van der Waals surface area (Å²) in [5, 5.41) is 0. The number of rotatable bonds is 10. The molecule has 32 heavy (non-hydrogen) atoms. The van der Waals surface area contributed by atoms with Crippen LogP contribution in [0, 0.1) is 20.8 Å². The van der Waals surface area contributed by atoms with Gasteiger partial charge in [-0.05, 0) is 40.7 Å². The number of hydrogen-bond acceptors (Lipinski definition) is 6. The maximum absolute atomic E-state index is 13.9. The number of aliphatic imine (C=N–C) groups is 1. The van der Waals surface area contributed by atoms with Gasteiger partial charge in [-0.2, -0.15) is 0 Å². The first kappa shape index (κ1) is 25.5. The van der Waals surface area contributed by atoms with Gasteiger partial charge >= 0.3 is 0 Å². The minimum Gasteiger partial charge on any atom is -0.352 e. The molecular formula is C24H36F2N6.